The third-order valence-corrected chi connectivity index (χ3v) is 3.60. The van der Waals surface area contributed by atoms with Crippen molar-refractivity contribution < 1.29 is 18.0 Å². The summed E-state index contributed by atoms with van der Waals surface area (Å²) in [6.07, 6.45) is -3.58. The van der Waals surface area contributed by atoms with Gasteiger partial charge in [0.1, 0.15) is 5.41 Å². The van der Waals surface area contributed by atoms with Crippen LogP contribution in [0.2, 0.25) is 0 Å². The van der Waals surface area contributed by atoms with Crippen molar-refractivity contribution in [2.45, 2.75) is 39.3 Å². The molecule has 0 aromatic rings. The first-order chi connectivity index (χ1) is 8.24. The molecule has 1 aliphatic rings. The van der Waals surface area contributed by atoms with Crippen LogP contribution in [-0.4, -0.2) is 30.1 Å². The number of rotatable bonds is 2. The highest BCUT2D eigenvalue weighted by molar-refractivity contribution is 5.85. The van der Waals surface area contributed by atoms with Crippen molar-refractivity contribution >= 4 is 5.91 Å². The highest BCUT2D eigenvalue weighted by atomic mass is 19.4. The molecule has 0 bridgehead atoms. The molecule has 0 N–H and O–H groups in total. The van der Waals surface area contributed by atoms with Crippen LogP contribution in [0, 0.1) is 22.7 Å². The van der Waals surface area contributed by atoms with Gasteiger partial charge >= 0.3 is 6.18 Å². The lowest BCUT2D eigenvalue weighted by Gasteiger charge is -2.36. The Balaban J connectivity index is 2.80. The second-order valence-electron chi connectivity index (χ2n) is 4.93. The van der Waals surface area contributed by atoms with Crippen molar-refractivity contribution in [3.8, 4) is 6.07 Å². The monoisotopic (exact) mass is 262 g/mol. The van der Waals surface area contributed by atoms with E-state index in [0.29, 0.717) is 19.4 Å². The summed E-state index contributed by atoms with van der Waals surface area (Å²) in [5.41, 5.74) is -1.21. The number of piperidine rings is 1. The predicted octanol–water partition coefficient (Wildman–Crippen LogP) is 2.73. The second kappa shape index (κ2) is 5.17. The first kappa shape index (κ1) is 14.8. The zero-order chi connectivity index (χ0) is 14.0. The van der Waals surface area contributed by atoms with Crippen LogP contribution < -0.4 is 0 Å². The Hall–Kier alpha value is -1.25. The number of alkyl halides is 3. The SMILES string of the molecule is CCC(C)(C#N)C(=O)N1CCCC(C(F)(F)F)C1. The van der Waals surface area contributed by atoms with Crippen molar-refractivity contribution in [2.24, 2.45) is 11.3 Å². The highest BCUT2D eigenvalue weighted by Gasteiger charge is 2.45. The van der Waals surface area contributed by atoms with Gasteiger partial charge in [0, 0.05) is 13.1 Å². The van der Waals surface area contributed by atoms with Gasteiger partial charge in [0.05, 0.1) is 12.0 Å². The highest BCUT2D eigenvalue weighted by Crippen LogP contribution is 2.34. The molecule has 18 heavy (non-hydrogen) atoms. The molecule has 3 nitrogen and oxygen atoms in total. The molecule has 2 unspecified atom stereocenters. The maximum Gasteiger partial charge on any atom is 0.393 e. The Morgan fingerprint density at radius 3 is 2.56 bits per heavy atom. The zero-order valence-corrected chi connectivity index (χ0v) is 10.5. The van der Waals surface area contributed by atoms with Crippen LogP contribution in [0.3, 0.4) is 0 Å². The summed E-state index contributed by atoms with van der Waals surface area (Å²) in [6, 6.07) is 1.91. The number of amides is 1. The van der Waals surface area contributed by atoms with Crippen LogP contribution in [-0.2, 0) is 4.79 Å². The molecular weight excluding hydrogens is 245 g/mol. The molecule has 1 saturated heterocycles. The van der Waals surface area contributed by atoms with Crippen LogP contribution >= 0.6 is 0 Å². The standard InChI is InChI=1S/C12H17F3N2O/c1-3-11(2,8-16)10(18)17-6-4-5-9(7-17)12(13,14)15/h9H,3-7H2,1-2H3. The molecule has 0 aromatic heterocycles. The molecule has 1 heterocycles. The number of nitrogens with zero attached hydrogens (tertiary/aromatic N) is 2. The predicted molar refractivity (Wildman–Crippen MR) is 59.4 cm³/mol. The molecule has 1 amide bonds. The fourth-order valence-corrected chi connectivity index (χ4v) is 2.06. The lowest BCUT2D eigenvalue weighted by Crippen LogP contribution is -2.49. The number of hydrogen-bond donors (Lipinski definition) is 0. The Bertz CT molecular complexity index is 361. The number of nitriles is 1. The lowest BCUT2D eigenvalue weighted by molar-refractivity contribution is -0.189. The van der Waals surface area contributed by atoms with Crippen LogP contribution in [0.15, 0.2) is 0 Å². The van der Waals surface area contributed by atoms with Gasteiger partial charge in [-0.2, -0.15) is 18.4 Å². The fraction of sp³-hybridized carbons (Fsp3) is 0.833. The van der Waals surface area contributed by atoms with Crippen LogP contribution in [0.25, 0.3) is 0 Å². The van der Waals surface area contributed by atoms with Gasteiger partial charge in [0.2, 0.25) is 5.91 Å². The third kappa shape index (κ3) is 2.95. The van der Waals surface area contributed by atoms with E-state index in [1.54, 1.807) is 6.92 Å². The average Bonchev–Trinajstić information content (AvgIpc) is 2.36. The van der Waals surface area contributed by atoms with Gasteiger partial charge < -0.3 is 4.90 Å². The van der Waals surface area contributed by atoms with E-state index in [4.69, 9.17) is 5.26 Å². The molecule has 1 aliphatic heterocycles. The Kier molecular flexibility index (Phi) is 4.25. The molecule has 1 rings (SSSR count). The molecule has 1 fully saturated rings. The molecule has 0 aliphatic carbocycles. The Labute approximate surface area is 105 Å². The fourth-order valence-electron chi connectivity index (χ4n) is 2.06. The van der Waals surface area contributed by atoms with Crippen molar-refractivity contribution in [2.75, 3.05) is 13.1 Å². The summed E-state index contributed by atoms with van der Waals surface area (Å²) in [5.74, 6) is -1.95. The number of carbonyl (C=O) groups is 1. The Morgan fingerprint density at radius 1 is 1.50 bits per heavy atom. The minimum Gasteiger partial charge on any atom is -0.341 e. The first-order valence-electron chi connectivity index (χ1n) is 6.02. The zero-order valence-electron chi connectivity index (χ0n) is 10.5. The van der Waals surface area contributed by atoms with Crippen LogP contribution in [0.4, 0.5) is 13.2 Å². The molecule has 0 saturated carbocycles. The lowest BCUT2D eigenvalue weighted by atomic mass is 9.86. The van der Waals surface area contributed by atoms with Gasteiger partial charge in [-0.3, -0.25) is 4.79 Å². The van der Waals surface area contributed by atoms with E-state index in [1.807, 2.05) is 6.07 Å². The summed E-state index contributed by atoms with van der Waals surface area (Å²) in [5, 5.41) is 8.99. The van der Waals surface area contributed by atoms with E-state index in [9.17, 15) is 18.0 Å². The van der Waals surface area contributed by atoms with E-state index >= 15 is 0 Å². The molecule has 0 spiro atoms. The van der Waals surface area contributed by atoms with Gasteiger partial charge in [0.15, 0.2) is 0 Å². The summed E-state index contributed by atoms with van der Waals surface area (Å²) in [6.45, 7) is 3.15. The minimum absolute atomic E-state index is 0.0582. The molecule has 2 atom stereocenters. The molecule has 0 radical (unpaired) electrons. The number of halogens is 3. The maximum atomic E-state index is 12.6. The topological polar surface area (TPSA) is 44.1 Å². The number of carbonyl (C=O) groups excluding carboxylic acids is 1. The average molecular weight is 262 g/mol. The quantitative estimate of drug-likeness (QED) is 0.768. The second-order valence-corrected chi connectivity index (χ2v) is 4.93. The minimum atomic E-state index is -4.27. The van der Waals surface area contributed by atoms with Gasteiger partial charge in [-0.1, -0.05) is 6.92 Å². The van der Waals surface area contributed by atoms with E-state index in [-0.39, 0.29) is 13.0 Å². The molecule has 102 valence electrons. The van der Waals surface area contributed by atoms with Crippen molar-refractivity contribution in [1.29, 1.82) is 5.26 Å². The van der Waals surface area contributed by atoms with Gasteiger partial charge in [-0.25, -0.2) is 0 Å². The molecule has 6 heteroatoms. The summed E-state index contributed by atoms with van der Waals surface area (Å²) in [7, 11) is 0. The Morgan fingerprint density at radius 2 is 2.11 bits per heavy atom. The summed E-state index contributed by atoms with van der Waals surface area (Å²) < 4.78 is 37.9. The maximum absolute atomic E-state index is 12.6. The smallest absolute Gasteiger partial charge is 0.341 e. The normalized spacial score (nSPS) is 24.2. The van der Waals surface area contributed by atoms with Crippen LogP contribution in [0.1, 0.15) is 33.1 Å². The van der Waals surface area contributed by atoms with Crippen LogP contribution in [0.5, 0.6) is 0 Å². The molecule has 0 aromatic carbocycles. The van der Waals surface area contributed by atoms with Crippen molar-refractivity contribution in [3.63, 3.8) is 0 Å². The van der Waals surface area contributed by atoms with Crippen molar-refractivity contribution in [3.05, 3.63) is 0 Å². The first-order valence-corrected chi connectivity index (χ1v) is 6.02. The number of hydrogen-bond acceptors (Lipinski definition) is 2. The third-order valence-electron chi connectivity index (χ3n) is 3.60. The summed E-state index contributed by atoms with van der Waals surface area (Å²) >= 11 is 0. The van der Waals surface area contributed by atoms with Gasteiger partial charge in [0.25, 0.3) is 0 Å². The van der Waals surface area contributed by atoms with Crippen molar-refractivity contribution in [1.82, 2.24) is 4.90 Å². The molecular formula is C12H17F3N2O. The summed E-state index contributed by atoms with van der Waals surface area (Å²) in [4.78, 5) is 13.3. The van der Waals surface area contributed by atoms with E-state index in [2.05, 4.69) is 0 Å². The van der Waals surface area contributed by atoms with E-state index in [0.717, 1.165) is 0 Å². The number of likely N-dealkylation sites (tertiary alicyclic amines) is 1. The van der Waals surface area contributed by atoms with Gasteiger partial charge in [-0.05, 0) is 26.2 Å². The van der Waals surface area contributed by atoms with E-state index in [1.165, 1.54) is 11.8 Å². The van der Waals surface area contributed by atoms with E-state index < -0.39 is 23.4 Å². The largest absolute Gasteiger partial charge is 0.393 e. The van der Waals surface area contributed by atoms with Gasteiger partial charge in [-0.15, -0.1) is 0 Å².